The number of ether oxygens (including phenoxy) is 4. The quantitative estimate of drug-likeness (QED) is 0.772. The fourth-order valence-electron chi connectivity index (χ4n) is 2.97. The van der Waals surface area contributed by atoms with Gasteiger partial charge in [-0.1, -0.05) is 0 Å². The molecule has 1 spiro atoms. The van der Waals surface area contributed by atoms with Crippen molar-refractivity contribution in [2.75, 3.05) is 38.0 Å². The number of rotatable bonds is 1. The van der Waals surface area contributed by atoms with Crippen LogP contribution in [0.1, 0.15) is 12.8 Å². The zero-order chi connectivity index (χ0) is 12.7. The number of anilines is 1. The summed E-state index contributed by atoms with van der Waals surface area (Å²) in [5, 5.41) is 0. The third kappa shape index (κ3) is 1.93. The molecule has 0 unspecified atom stereocenters. The van der Waals surface area contributed by atoms with Crippen molar-refractivity contribution >= 4 is 5.69 Å². The minimum Gasteiger partial charge on any atom is -0.454 e. The van der Waals surface area contributed by atoms with E-state index in [1.54, 1.807) is 0 Å². The van der Waals surface area contributed by atoms with E-state index in [0.29, 0.717) is 6.79 Å². The Balaban J connectivity index is 1.49. The molecule has 102 valence electrons. The smallest absolute Gasteiger partial charge is 0.231 e. The summed E-state index contributed by atoms with van der Waals surface area (Å²) in [5.41, 5.74) is 1.18. The third-order valence-electron chi connectivity index (χ3n) is 4.06. The van der Waals surface area contributed by atoms with Crippen LogP contribution in [-0.2, 0) is 9.47 Å². The van der Waals surface area contributed by atoms with Crippen LogP contribution in [0.15, 0.2) is 18.2 Å². The molecule has 5 heteroatoms. The Bertz CT molecular complexity index is 474. The molecule has 0 N–H and O–H groups in total. The molecule has 0 amide bonds. The maximum atomic E-state index is 5.75. The highest BCUT2D eigenvalue weighted by atomic mass is 16.7. The van der Waals surface area contributed by atoms with Gasteiger partial charge in [0.05, 0.1) is 13.2 Å². The lowest BCUT2D eigenvalue weighted by Gasteiger charge is -2.38. The number of hydrogen-bond donors (Lipinski definition) is 0. The average molecular weight is 263 g/mol. The van der Waals surface area contributed by atoms with Gasteiger partial charge in [-0.15, -0.1) is 0 Å². The maximum Gasteiger partial charge on any atom is 0.231 e. The van der Waals surface area contributed by atoms with Crippen LogP contribution in [0.2, 0.25) is 0 Å². The van der Waals surface area contributed by atoms with Gasteiger partial charge < -0.3 is 23.8 Å². The molecule has 2 fully saturated rings. The fraction of sp³-hybridized carbons (Fsp3) is 0.571. The Hall–Kier alpha value is -1.46. The van der Waals surface area contributed by atoms with Gasteiger partial charge in [-0.2, -0.15) is 0 Å². The molecular formula is C14H17NO4. The van der Waals surface area contributed by atoms with Gasteiger partial charge in [-0.3, -0.25) is 0 Å². The van der Waals surface area contributed by atoms with E-state index in [-0.39, 0.29) is 5.79 Å². The first-order valence-electron chi connectivity index (χ1n) is 6.77. The zero-order valence-electron chi connectivity index (χ0n) is 10.8. The molecule has 4 rings (SSSR count). The summed E-state index contributed by atoms with van der Waals surface area (Å²) in [7, 11) is 0. The minimum absolute atomic E-state index is 0.313. The standard InChI is InChI=1S/C14H17NO4/c1-2-12-13(17-10-16-12)9-11(1)15-5-3-14(4-6-15)18-7-8-19-14/h1-2,9H,3-8,10H2. The van der Waals surface area contributed by atoms with E-state index in [4.69, 9.17) is 18.9 Å². The van der Waals surface area contributed by atoms with Crippen molar-refractivity contribution in [2.24, 2.45) is 0 Å². The van der Waals surface area contributed by atoms with Crippen LogP contribution < -0.4 is 14.4 Å². The van der Waals surface area contributed by atoms with Gasteiger partial charge in [-0.25, -0.2) is 0 Å². The van der Waals surface area contributed by atoms with Crippen LogP contribution in [0, 0.1) is 0 Å². The van der Waals surface area contributed by atoms with E-state index >= 15 is 0 Å². The van der Waals surface area contributed by atoms with Crippen LogP contribution in [-0.4, -0.2) is 38.9 Å². The number of piperidine rings is 1. The first-order chi connectivity index (χ1) is 9.35. The minimum atomic E-state index is -0.313. The van der Waals surface area contributed by atoms with Crippen LogP contribution in [0.3, 0.4) is 0 Å². The summed E-state index contributed by atoms with van der Waals surface area (Å²) >= 11 is 0. The van der Waals surface area contributed by atoms with Crippen molar-refractivity contribution in [2.45, 2.75) is 18.6 Å². The van der Waals surface area contributed by atoms with Gasteiger partial charge in [0, 0.05) is 37.7 Å². The number of hydrogen-bond acceptors (Lipinski definition) is 5. The average Bonchev–Trinajstić information content (AvgIpc) is 3.08. The Labute approximate surface area is 112 Å². The van der Waals surface area contributed by atoms with Crippen LogP contribution in [0.5, 0.6) is 11.5 Å². The van der Waals surface area contributed by atoms with E-state index in [2.05, 4.69) is 17.0 Å². The monoisotopic (exact) mass is 263 g/mol. The number of nitrogens with zero attached hydrogens (tertiary/aromatic N) is 1. The van der Waals surface area contributed by atoms with Crippen LogP contribution in [0.4, 0.5) is 5.69 Å². The normalized spacial score (nSPS) is 24.1. The van der Waals surface area contributed by atoms with Crippen molar-refractivity contribution in [3.8, 4) is 11.5 Å². The molecule has 3 heterocycles. The summed E-state index contributed by atoms with van der Waals surface area (Å²) in [6.07, 6.45) is 1.84. The van der Waals surface area contributed by atoms with Crippen molar-refractivity contribution < 1.29 is 18.9 Å². The third-order valence-corrected chi connectivity index (χ3v) is 4.06. The van der Waals surface area contributed by atoms with Gasteiger partial charge in [0.25, 0.3) is 0 Å². The lowest BCUT2D eigenvalue weighted by atomic mass is 10.0. The predicted molar refractivity (Wildman–Crippen MR) is 68.6 cm³/mol. The second kappa shape index (κ2) is 4.28. The molecule has 5 nitrogen and oxygen atoms in total. The molecule has 0 aliphatic carbocycles. The summed E-state index contributed by atoms with van der Waals surface area (Å²) in [4.78, 5) is 2.35. The highest BCUT2D eigenvalue weighted by Gasteiger charge is 2.39. The largest absolute Gasteiger partial charge is 0.454 e. The number of benzene rings is 1. The SMILES string of the molecule is c1cc2c(cc1N1CCC3(CC1)OCCO3)OCO2. The second-order valence-corrected chi connectivity index (χ2v) is 5.13. The molecule has 1 aromatic rings. The topological polar surface area (TPSA) is 40.2 Å². The van der Waals surface area contributed by atoms with E-state index in [9.17, 15) is 0 Å². The lowest BCUT2D eigenvalue weighted by Crippen LogP contribution is -2.45. The number of fused-ring (bicyclic) bond motifs is 1. The fourth-order valence-corrected chi connectivity index (χ4v) is 2.97. The highest BCUT2D eigenvalue weighted by Crippen LogP contribution is 2.38. The predicted octanol–water partition coefficient (Wildman–Crippen LogP) is 1.76. The van der Waals surface area contributed by atoms with Gasteiger partial charge in [0.2, 0.25) is 6.79 Å². The van der Waals surface area contributed by atoms with Gasteiger partial charge >= 0.3 is 0 Å². The van der Waals surface area contributed by atoms with Crippen molar-refractivity contribution in [3.05, 3.63) is 18.2 Å². The Kier molecular flexibility index (Phi) is 2.56. The molecule has 0 radical (unpaired) electrons. The maximum absolute atomic E-state index is 5.75. The first kappa shape index (κ1) is 11.4. The molecule has 0 bridgehead atoms. The molecule has 19 heavy (non-hydrogen) atoms. The van der Waals surface area contributed by atoms with Gasteiger partial charge in [-0.05, 0) is 12.1 Å². The highest BCUT2D eigenvalue weighted by molar-refractivity contribution is 5.57. The van der Waals surface area contributed by atoms with E-state index in [0.717, 1.165) is 50.6 Å². The van der Waals surface area contributed by atoms with Gasteiger partial charge in [0.1, 0.15) is 0 Å². The van der Waals surface area contributed by atoms with Crippen molar-refractivity contribution in [1.29, 1.82) is 0 Å². The first-order valence-corrected chi connectivity index (χ1v) is 6.77. The molecule has 3 aliphatic heterocycles. The summed E-state index contributed by atoms with van der Waals surface area (Å²) in [6, 6.07) is 6.11. The molecule has 0 atom stereocenters. The van der Waals surface area contributed by atoms with Crippen molar-refractivity contribution in [3.63, 3.8) is 0 Å². The molecule has 3 aliphatic rings. The van der Waals surface area contributed by atoms with Crippen LogP contribution in [0.25, 0.3) is 0 Å². The van der Waals surface area contributed by atoms with Crippen molar-refractivity contribution in [1.82, 2.24) is 0 Å². The zero-order valence-corrected chi connectivity index (χ0v) is 10.8. The lowest BCUT2D eigenvalue weighted by molar-refractivity contribution is -0.169. The molecule has 0 aromatic heterocycles. The second-order valence-electron chi connectivity index (χ2n) is 5.13. The van der Waals surface area contributed by atoms with Crippen LogP contribution >= 0.6 is 0 Å². The van der Waals surface area contributed by atoms with E-state index < -0.39 is 0 Å². The summed E-state index contributed by atoms with van der Waals surface area (Å²) in [5.74, 6) is 1.36. The van der Waals surface area contributed by atoms with E-state index in [1.807, 2.05) is 6.07 Å². The Morgan fingerprint density at radius 1 is 0.947 bits per heavy atom. The Morgan fingerprint density at radius 2 is 1.68 bits per heavy atom. The molecule has 0 saturated carbocycles. The molecular weight excluding hydrogens is 246 g/mol. The van der Waals surface area contributed by atoms with Gasteiger partial charge in [0.15, 0.2) is 17.3 Å². The Morgan fingerprint density at radius 3 is 2.47 bits per heavy atom. The summed E-state index contributed by atoms with van der Waals surface area (Å²) in [6.45, 7) is 3.66. The summed E-state index contributed by atoms with van der Waals surface area (Å²) < 4.78 is 22.3. The molecule has 1 aromatic carbocycles. The molecule has 2 saturated heterocycles. The van der Waals surface area contributed by atoms with E-state index in [1.165, 1.54) is 5.69 Å².